The van der Waals surface area contributed by atoms with Crippen LogP contribution in [0.25, 0.3) is 0 Å². The lowest BCUT2D eigenvalue weighted by Gasteiger charge is -2.29. The number of aryl methyl sites for hydroxylation is 1. The van der Waals surface area contributed by atoms with Gasteiger partial charge in [0.25, 0.3) is 5.91 Å². The van der Waals surface area contributed by atoms with Crippen LogP contribution >= 0.6 is 0 Å². The van der Waals surface area contributed by atoms with E-state index < -0.39 is 24.1 Å². The normalized spacial score (nSPS) is 14.7. The molecule has 1 heterocycles. The molecule has 0 aliphatic carbocycles. The number of ether oxygens (including phenoxy) is 1. The Hall–Kier alpha value is -4.57. The Bertz CT molecular complexity index is 1300. The van der Waals surface area contributed by atoms with Crippen molar-refractivity contribution < 1.29 is 19.1 Å². The average molecular weight is 517 g/mol. The number of carbonyl (C=O) groups is 3. The van der Waals surface area contributed by atoms with Crippen molar-refractivity contribution in [1.82, 2.24) is 15.1 Å². The second-order valence-electron chi connectivity index (χ2n) is 8.96. The largest absolute Gasteiger partial charge is 0.497 e. The second-order valence-corrected chi connectivity index (χ2v) is 8.96. The predicted octanol–water partition coefficient (Wildman–Crippen LogP) is 3.49. The van der Waals surface area contributed by atoms with Gasteiger partial charge in [0.1, 0.15) is 5.75 Å². The molecule has 4 rings (SSSR count). The number of nitrogens with zero attached hydrogens (tertiary/aromatic N) is 2. The van der Waals surface area contributed by atoms with Crippen LogP contribution in [0.1, 0.15) is 16.7 Å². The van der Waals surface area contributed by atoms with Gasteiger partial charge in [-0.15, -0.1) is 0 Å². The third kappa shape index (κ3) is 6.40. The summed E-state index contributed by atoms with van der Waals surface area (Å²) in [5, 5.41) is 8.52. The quantitative estimate of drug-likeness (QED) is 0.382. The van der Waals surface area contributed by atoms with Crippen LogP contribution in [-0.2, 0) is 17.9 Å². The Balaban J connectivity index is 1.52. The lowest BCUT2D eigenvalue weighted by Crippen LogP contribution is -2.55. The van der Waals surface area contributed by atoms with E-state index in [0.717, 1.165) is 16.7 Å². The topological polar surface area (TPSA) is 129 Å². The van der Waals surface area contributed by atoms with Crippen LogP contribution in [0.5, 0.6) is 5.75 Å². The van der Waals surface area contributed by atoms with Crippen molar-refractivity contribution in [1.29, 1.82) is 0 Å². The molecule has 38 heavy (non-hydrogen) atoms. The third-order valence-electron chi connectivity index (χ3n) is 6.23. The second kappa shape index (κ2) is 12.1. The summed E-state index contributed by atoms with van der Waals surface area (Å²) in [7, 11) is 1.56. The molecular weight excluding hydrogens is 484 g/mol. The van der Waals surface area contributed by atoms with Crippen molar-refractivity contribution in [3.05, 3.63) is 89.5 Å². The van der Waals surface area contributed by atoms with E-state index in [1.807, 2.05) is 49.4 Å². The Kier molecular flexibility index (Phi) is 8.44. The Morgan fingerprint density at radius 2 is 1.50 bits per heavy atom. The number of amides is 5. The van der Waals surface area contributed by atoms with Gasteiger partial charge in [0.15, 0.2) is 6.17 Å². The summed E-state index contributed by atoms with van der Waals surface area (Å²) in [6, 6.07) is 20.8. The van der Waals surface area contributed by atoms with Crippen molar-refractivity contribution >= 4 is 29.3 Å². The number of nitrogens with two attached hydrogens (primary N) is 1. The number of anilines is 2. The molecule has 1 aliphatic heterocycles. The molecule has 1 atom stereocenters. The molecule has 10 nitrogen and oxygen atoms in total. The molecule has 198 valence electrons. The van der Waals surface area contributed by atoms with Gasteiger partial charge >= 0.3 is 12.1 Å². The van der Waals surface area contributed by atoms with E-state index >= 15 is 0 Å². The third-order valence-corrected chi connectivity index (χ3v) is 6.23. The molecular formula is C28H32N6O4. The van der Waals surface area contributed by atoms with Gasteiger partial charge in [-0.1, -0.05) is 36.4 Å². The van der Waals surface area contributed by atoms with Crippen molar-refractivity contribution in [2.24, 2.45) is 5.73 Å². The summed E-state index contributed by atoms with van der Waals surface area (Å²) in [5.41, 5.74) is 9.67. The van der Waals surface area contributed by atoms with Crippen molar-refractivity contribution in [3.63, 3.8) is 0 Å². The van der Waals surface area contributed by atoms with Crippen LogP contribution in [0, 0.1) is 6.92 Å². The molecule has 1 unspecified atom stereocenters. The number of methoxy groups -OCH3 is 1. The number of hydrogen-bond donors (Lipinski definition) is 4. The van der Waals surface area contributed by atoms with Crippen LogP contribution < -0.4 is 26.4 Å². The first-order valence-corrected chi connectivity index (χ1v) is 12.3. The highest BCUT2D eigenvalue weighted by Crippen LogP contribution is 2.21. The molecule has 1 saturated heterocycles. The van der Waals surface area contributed by atoms with E-state index in [1.165, 1.54) is 9.80 Å². The van der Waals surface area contributed by atoms with Gasteiger partial charge < -0.3 is 26.4 Å². The van der Waals surface area contributed by atoms with Gasteiger partial charge in [-0.05, 0) is 60.0 Å². The van der Waals surface area contributed by atoms with Gasteiger partial charge in [0, 0.05) is 37.6 Å². The highest BCUT2D eigenvalue weighted by molar-refractivity contribution is 5.98. The van der Waals surface area contributed by atoms with Crippen LogP contribution in [0.2, 0.25) is 0 Å². The van der Waals surface area contributed by atoms with E-state index in [0.29, 0.717) is 23.7 Å². The number of carbonyl (C=O) groups excluding carboxylic acids is 3. The van der Waals surface area contributed by atoms with E-state index in [1.54, 1.807) is 37.4 Å². The minimum absolute atomic E-state index is 0.184. The van der Waals surface area contributed by atoms with Crippen molar-refractivity contribution in [3.8, 4) is 5.75 Å². The van der Waals surface area contributed by atoms with E-state index in [4.69, 9.17) is 10.5 Å². The molecule has 10 heteroatoms. The molecule has 0 spiro atoms. The van der Waals surface area contributed by atoms with Gasteiger partial charge in [0.2, 0.25) is 0 Å². The first-order chi connectivity index (χ1) is 18.4. The minimum Gasteiger partial charge on any atom is -0.497 e. The smallest absolute Gasteiger partial charge is 0.323 e. The van der Waals surface area contributed by atoms with Crippen LogP contribution in [-0.4, -0.2) is 54.1 Å². The zero-order chi connectivity index (χ0) is 27.1. The maximum absolute atomic E-state index is 13.4. The first kappa shape index (κ1) is 26.5. The van der Waals surface area contributed by atoms with Crippen LogP contribution in [0.15, 0.2) is 72.8 Å². The van der Waals surface area contributed by atoms with Crippen molar-refractivity contribution in [2.75, 3.05) is 30.8 Å². The predicted molar refractivity (Wildman–Crippen MR) is 146 cm³/mol. The number of nitrogens with one attached hydrogen (secondary N) is 3. The summed E-state index contributed by atoms with van der Waals surface area (Å²) in [5.74, 6) is 0.184. The molecule has 0 aromatic heterocycles. The maximum atomic E-state index is 13.4. The van der Waals surface area contributed by atoms with E-state index in [9.17, 15) is 14.4 Å². The fourth-order valence-electron chi connectivity index (χ4n) is 4.27. The standard InChI is InChI=1S/C28H32N6O4/c1-19-5-3-8-23(15-19)32-28(37)34-14-13-33(27(36)31-22-9-11-24(38-2)12-10-22)26(34)25(35)30-18-21-7-4-6-20(16-21)17-29/h3-12,15-16,26H,13-14,17-18,29H2,1-2H3,(H,30,35)(H,31,36)(H,32,37). The summed E-state index contributed by atoms with van der Waals surface area (Å²) in [6.07, 6.45) is -1.14. The Labute approximate surface area is 221 Å². The number of rotatable bonds is 7. The lowest BCUT2D eigenvalue weighted by molar-refractivity contribution is -0.127. The summed E-state index contributed by atoms with van der Waals surface area (Å²) < 4.78 is 5.16. The van der Waals surface area contributed by atoms with E-state index in [-0.39, 0.29) is 19.6 Å². The summed E-state index contributed by atoms with van der Waals surface area (Å²) in [4.78, 5) is 42.7. The van der Waals surface area contributed by atoms with Gasteiger partial charge in [-0.3, -0.25) is 14.6 Å². The zero-order valence-electron chi connectivity index (χ0n) is 21.4. The zero-order valence-corrected chi connectivity index (χ0v) is 21.4. The average Bonchev–Trinajstić information content (AvgIpc) is 3.38. The van der Waals surface area contributed by atoms with Gasteiger partial charge in [0.05, 0.1) is 7.11 Å². The van der Waals surface area contributed by atoms with Gasteiger partial charge in [-0.2, -0.15) is 0 Å². The number of hydrogen-bond acceptors (Lipinski definition) is 5. The minimum atomic E-state index is -1.14. The molecule has 1 aliphatic rings. The molecule has 3 aromatic carbocycles. The van der Waals surface area contributed by atoms with Crippen LogP contribution in [0.4, 0.5) is 21.0 Å². The Morgan fingerprint density at radius 1 is 0.868 bits per heavy atom. The molecule has 0 saturated carbocycles. The van der Waals surface area contributed by atoms with Gasteiger partial charge in [-0.25, -0.2) is 9.59 Å². The highest BCUT2D eigenvalue weighted by Gasteiger charge is 2.42. The monoisotopic (exact) mass is 516 g/mol. The number of benzene rings is 3. The molecule has 3 aromatic rings. The fraction of sp³-hybridized carbons (Fsp3) is 0.250. The Morgan fingerprint density at radius 3 is 2.13 bits per heavy atom. The molecule has 5 amide bonds. The van der Waals surface area contributed by atoms with E-state index in [2.05, 4.69) is 16.0 Å². The molecule has 0 bridgehead atoms. The summed E-state index contributed by atoms with van der Waals surface area (Å²) in [6.45, 7) is 2.91. The lowest BCUT2D eigenvalue weighted by atomic mass is 10.1. The molecule has 1 fully saturated rings. The molecule has 0 radical (unpaired) electrons. The first-order valence-electron chi connectivity index (χ1n) is 12.3. The van der Waals surface area contributed by atoms with Crippen LogP contribution in [0.3, 0.4) is 0 Å². The molecule has 5 N–H and O–H groups in total. The highest BCUT2D eigenvalue weighted by atomic mass is 16.5. The summed E-state index contributed by atoms with van der Waals surface area (Å²) >= 11 is 0. The maximum Gasteiger partial charge on any atom is 0.323 e. The fourth-order valence-corrected chi connectivity index (χ4v) is 4.27. The SMILES string of the molecule is COc1ccc(NC(=O)N2CCN(C(=O)Nc3cccc(C)c3)C2C(=O)NCc2cccc(CN)c2)cc1. The number of urea groups is 2. The van der Waals surface area contributed by atoms with Crippen molar-refractivity contribution in [2.45, 2.75) is 26.2 Å².